The fraction of sp³-hybridized carbons (Fsp3) is 0.400. The molecule has 1 rings (SSSR count). The molecular weight excluding hydrogens is 280 g/mol. The van der Waals surface area contributed by atoms with Gasteiger partial charge in [0.2, 0.25) is 10.0 Å². The molecule has 9 heteroatoms. The molecule has 5 N–H and O–H groups in total. The molecule has 0 spiro atoms. The van der Waals surface area contributed by atoms with Crippen LogP contribution in [0.1, 0.15) is 0 Å². The molecule has 0 amide bonds. The Morgan fingerprint density at radius 1 is 1.37 bits per heavy atom. The number of sulfonamides is 1. The fourth-order valence-corrected chi connectivity index (χ4v) is 2.10. The van der Waals surface area contributed by atoms with E-state index in [1.165, 1.54) is 18.2 Å². The second-order valence-corrected chi connectivity index (χ2v) is 5.22. The van der Waals surface area contributed by atoms with Crippen LogP contribution in [0.25, 0.3) is 0 Å². The molecule has 108 valence electrons. The highest BCUT2D eigenvalue weighted by molar-refractivity contribution is 7.89. The summed E-state index contributed by atoms with van der Waals surface area (Å²) in [6.45, 7) is -0.483. The van der Waals surface area contributed by atoms with Crippen molar-refractivity contribution < 1.29 is 21.9 Å². The predicted molar refractivity (Wildman–Crippen MR) is 67.5 cm³/mol. The van der Waals surface area contributed by atoms with Crippen LogP contribution in [0.3, 0.4) is 0 Å². The summed E-state index contributed by atoms with van der Waals surface area (Å²) < 4.78 is 50.9. The minimum absolute atomic E-state index is 0.0127. The summed E-state index contributed by atoms with van der Waals surface area (Å²) in [6, 6.07) is 4.16. The molecule has 0 radical (unpaired) electrons. The van der Waals surface area contributed by atoms with E-state index < -0.39 is 23.1 Å². The first-order valence-electron chi connectivity index (χ1n) is 5.33. The van der Waals surface area contributed by atoms with Crippen LogP contribution in [0, 0.1) is 0 Å². The molecule has 0 saturated carbocycles. The number of alkyl halides is 2. The van der Waals surface area contributed by atoms with E-state index in [2.05, 4.69) is 10.1 Å². The molecule has 0 atom stereocenters. The Morgan fingerprint density at radius 2 is 2.05 bits per heavy atom. The molecule has 1 aromatic rings. The normalized spacial score (nSPS) is 11.8. The number of anilines is 2. The van der Waals surface area contributed by atoms with Gasteiger partial charge in [-0.2, -0.15) is 0 Å². The van der Waals surface area contributed by atoms with Gasteiger partial charge in [-0.15, -0.1) is 0 Å². The van der Waals surface area contributed by atoms with E-state index in [1.807, 2.05) is 0 Å². The lowest BCUT2D eigenvalue weighted by molar-refractivity contribution is 0.0215. The lowest BCUT2D eigenvalue weighted by Gasteiger charge is -2.11. The average molecular weight is 295 g/mol. The molecule has 6 nitrogen and oxygen atoms in total. The highest BCUT2D eigenvalue weighted by atomic mass is 32.2. The third-order valence-corrected chi connectivity index (χ3v) is 3.07. The van der Waals surface area contributed by atoms with Crippen molar-refractivity contribution in [2.45, 2.75) is 11.3 Å². The fourth-order valence-electron chi connectivity index (χ4n) is 1.35. The lowest BCUT2D eigenvalue weighted by Crippen LogP contribution is -2.18. The topological polar surface area (TPSA) is 107 Å². The van der Waals surface area contributed by atoms with Crippen molar-refractivity contribution in [3.8, 4) is 0 Å². The first kappa shape index (κ1) is 15.6. The van der Waals surface area contributed by atoms with Gasteiger partial charge in [-0.1, -0.05) is 0 Å². The number of nitrogens with one attached hydrogen (secondary N) is 1. The number of rotatable bonds is 7. The van der Waals surface area contributed by atoms with E-state index in [0.29, 0.717) is 0 Å². The molecule has 0 aromatic heterocycles. The zero-order valence-electron chi connectivity index (χ0n) is 9.97. The zero-order valence-corrected chi connectivity index (χ0v) is 10.8. The van der Waals surface area contributed by atoms with Gasteiger partial charge in [0.15, 0.2) is 0 Å². The third kappa shape index (κ3) is 5.37. The van der Waals surface area contributed by atoms with Crippen LogP contribution in [-0.2, 0) is 14.8 Å². The molecule has 1 aromatic carbocycles. The monoisotopic (exact) mass is 295 g/mol. The number of primary sulfonamides is 1. The van der Waals surface area contributed by atoms with E-state index in [0.717, 1.165) is 0 Å². The molecule has 0 unspecified atom stereocenters. The van der Waals surface area contributed by atoms with E-state index in [1.54, 1.807) is 0 Å². The van der Waals surface area contributed by atoms with Crippen molar-refractivity contribution in [1.29, 1.82) is 0 Å². The van der Waals surface area contributed by atoms with Gasteiger partial charge in [-0.05, 0) is 18.2 Å². The van der Waals surface area contributed by atoms with Gasteiger partial charge in [-0.25, -0.2) is 22.3 Å². The van der Waals surface area contributed by atoms with Crippen molar-refractivity contribution in [3.63, 3.8) is 0 Å². The minimum atomic E-state index is -3.92. The van der Waals surface area contributed by atoms with Crippen LogP contribution in [-0.4, -0.2) is 34.6 Å². The van der Waals surface area contributed by atoms with Crippen LogP contribution in [0.2, 0.25) is 0 Å². The smallest absolute Gasteiger partial charge is 0.261 e. The molecule has 0 aliphatic heterocycles. The molecule has 0 heterocycles. The predicted octanol–water partition coefficient (Wildman–Crippen LogP) is 0.610. The average Bonchev–Trinajstić information content (AvgIpc) is 2.28. The summed E-state index contributed by atoms with van der Waals surface area (Å²) in [5, 5.41) is 7.78. The van der Waals surface area contributed by atoms with Gasteiger partial charge in [0, 0.05) is 12.2 Å². The first-order chi connectivity index (χ1) is 8.80. The highest BCUT2D eigenvalue weighted by Crippen LogP contribution is 2.22. The molecule has 0 bridgehead atoms. The van der Waals surface area contributed by atoms with Gasteiger partial charge < -0.3 is 15.8 Å². The summed E-state index contributed by atoms with van der Waals surface area (Å²) in [4.78, 5) is -0.152. The Bertz CT molecular complexity index is 523. The quantitative estimate of drug-likeness (QED) is 0.504. The standard InChI is InChI=1S/C10H15F2N3O3S/c11-10(12)6-18-4-3-15-8-2-1-7(13)5-9(8)19(14,16)17/h1-2,5,10,15H,3-4,6,13H2,(H2,14,16,17). The Hall–Kier alpha value is -1.45. The highest BCUT2D eigenvalue weighted by Gasteiger charge is 2.14. The Balaban J connectivity index is 2.64. The summed E-state index contributed by atoms with van der Waals surface area (Å²) in [5.41, 5.74) is 5.98. The van der Waals surface area contributed by atoms with Gasteiger partial charge in [0.1, 0.15) is 11.5 Å². The number of ether oxygens (including phenoxy) is 1. The van der Waals surface area contributed by atoms with Crippen molar-refractivity contribution in [1.82, 2.24) is 0 Å². The van der Waals surface area contributed by atoms with Crippen molar-refractivity contribution in [2.75, 3.05) is 30.8 Å². The van der Waals surface area contributed by atoms with Crippen LogP contribution in [0.4, 0.5) is 20.2 Å². The maximum Gasteiger partial charge on any atom is 0.261 e. The molecule has 19 heavy (non-hydrogen) atoms. The Morgan fingerprint density at radius 3 is 2.63 bits per heavy atom. The molecule has 0 aliphatic rings. The summed E-state index contributed by atoms with van der Waals surface area (Å²) >= 11 is 0. The molecule has 0 saturated heterocycles. The van der Waals surface area contributed by atoms with E-state index in [4.69, 9.17) is 10.9 Å². The third-order valence-electron chi connectivity index (χ3n) is 2.12. The summed E-state index contributed by atoms with van der Waals surface area (Å²) in [7, 11) is -3.92. The largest absolute Gasteiger partial charge is 0.399 e. The molecular formula is C10H15F2N3O3S. The minimum Gasteiger partial charge on any atom is -0.399 e. The van der Waals surface area contributed by atoms with Crippen molar-refractivity contribution >= 4 is 21.4 Å². The second-order valence-electron chi connectivity index (χ2n) is 3.69. The van der Waals surface area contributed by atoms with Gasteiger partial charge in [0.05, 0.1) is 12.3 Å². The number of hydrogen-bond acceptors (Lipinski definition) is 5. The number of hydrogen-bond donors (Lipinski definition) is 3. The summed E-state index contributed by atoms with van der Waals surface area (Å²) in [5.74, 6) is 0. The van der Waals surface area contributed by atoms with E-state index >= 15 is 0 Å². The van der Waals surface area contributed by atoms with E-state index in [-0.39, 0.29) is 29.4 Å². The second kappa shape index (κ2) is 6.64. The van der Waals surface area contributed by atoms with Crippen LogP contribution < -0.4 is 16.2 Å². The van der Waals surface area contributed by atoms with Gasteiger partial charge in [-0.3, -0.25) is 0 Å². The summed E-state index contributed by atoms with van der Waals surface area (Å²) in [6.07, 6.45) is -2.53. The molecule has 0 fully saturated rings. The maximum atomic E-state index is 11.8. The number of nitrogens with two attached hydrogens (primary N) is 2. The van der Waals surface area contributed by atoms with Gasteiger partial charge >= 0.3 is 0 Å². The number of benzene rings is 1. The van der Waals surface area contributed by atoms with Crippen LogP contribution in [0.15, 0.2) is 23.1 Å². The molecule has 0 aliphatic carbocycles. The van der Waals surface area contributed by atoms with Crippen LogP contribution >= 0.6 is 0 Å². The first-order valence-corrected chi connectivity index (χ1v) is 6.87. The lowest BCUT2D eigenvalue weighted by atomic mass is 10.3. The maximum absolute atomic E-state index is 11.8. The van der Waals surface area contributed by atoms with Crippen molar-refractivity contribution in [2.24, 2.45) is 5.14 Å². The zero-order chi connectivity index (χ0) is 14.5. The van der Waals surface area contributed by atoms with E-state index in [9.17, 15) is 17.2 Å². The van der Waals surface area contributed by atoms with Crippen LogP contribution in [0.5, 0.6) is 0 Å². The number of nitrogen functional groups attached to an aromatic ring is 1. The Labute approximate surface area is 109 Å². The SMILES string of the molecule is Nc1ccc(NCCOCC(F)F)c(S(N)(=O)=O)c1. The van der Waals surface area contributed by atoms with Crippen molar-refractivity contribution in [3.05, 3.63) is 18.2 Å². The van der Waals surface area contributed by atoms with Gasteiger partial charge in [0.25, 0.3) is 6.43 Å². The number of halogens is 2. The Kier molecular flexibility index (Phi) is 5.45.